The van der Waals surface area contributed by atoms with Gasteiger partial charge in [-0.3, -0.25) is 9.69 Å². The molecule has 0 amide bonds. The number of likely N-dealkylation sites (N-methyl/N-ethyl adjacent to an activating group) is 1. The third-order valence-electron chi connectivity index (χ3n) is 3.07. The van der Waals surface area contributed by atoms with Crippen LogP contribution in [0.4, 0.5) is 0 Å². The van der Waals surface area contributed by atoms with Gasteiger partial charge in [0.15, 0.2) is 11.5 Å². The summed E-state index contributed by atoms with van der Waals surface area (Å²) >= 11 is 6.04. The van der Waals surface area contributed by atoms with Crippen molar-refractivity contribution in [2.75, 3.05) is 27.2 Å². The van der Waals surface area contributed by atoms with Crippen LogP contribution in [0.5, 0.6) is 11.5 Å². The molecule has 1 aliphatic rings. The average molecular weight is 284 g/mol. The van der Waals surface area contributed by atoms with Crippen molar-refractivity contribution < 1.29 is 14.3 Å². The van der Waals surface area contributed by atoms with Crippen molar-refractivity contribution in [2.45, 2.75) is 19.4 Å². The number of Topliss-reactive ketones (excluding diaryl/α,β-unsaturated/α-hetero) is 1. The molecule has 0 spiro atoms. The summed E-state index contributed by atoms with van der Waals surface area (Å²) in [6, 6.07) is 3.48. The second-order valence-electron chi connectivity index (χ2n) is 4.94. The minimum Gasteiger partial charge on any atom is -0.493 e. The topological polar surface area (TPSA) is 38.8 Å². The summed E-state index contributed by atoms with van der Waals surface area (Å²) in [6.45, 7) is 3.31. The van der Waals surface area contributed by atoms with Crippen molar-refractivity contribution in [1.29, 1.82) is 0 Å². The normalized spacial score (nSPS) is 16.0. The summed E-state index contributed by atoms with van der Waals surface area (Å²) < 4.78 is 11.3. The van der Waals surface area contributed by atoms with Crippen molar-refractivity contribution in [3.63, 3.8) is 0 Å². The molecule has 1 aromatic carbocycles. The number of likely N-dealkylation sites (tertiary alicyclic amines) is 1. The smallest absolute Gasteiger partial charge is 0.165 e. The van der Waals surface area contributed by atoms with Crippen molar-refractivity contribution in [3.05, 3.63) is 22.7 Å². The van der Waals surface area contributed by atoms with Crippen molar-refractivity contribution >= 4 is 17.4 Å². The first-order chi connectivity index (χ1) is 8.99. The molecule has 5 heteroatoms. The molecular weight excluding hydrogens is 266 g/mol. The lowest BCUT2D eigenvalue weighted by atomic mass is 10.1. The largest absolute Gasteiger partial charge is 0.493 e. The number of carbonyl (C=O) groups excluding carboxylic acids is 1. The Morgan fingerprint density at radius 1 is 1.47 bits per heavy atom. The van der Waals surface area contributed by atoms with E-state index in [1.807, 2.05) is 7.05 Å². The fraction of sp³-hybridized carbons (Fsp3) is 0.500. The van der Waals surface area contributed by atoms with Crippen molar-refractivity contribution in [3.8, 4) is 11.5 Å². The summed E-state index contributed by atoms with van der Waals surface area (Å²) in [6.07, 6.45) is 0.445. The van der Waals surface area contributed by atoms with Gasteiger partial charge in [-0.15, -0.1) is 0 Å². The van der Waals surface area contributed by atoms with E-state index in [1.165, 1.54) is 0 Å². The fourth-order valence-electron chi connectivity index (χ4n) is 2.19. The number of rotatable bonds is 5. The lowest BCUT2D eigenvalue weighted by Crippen LogP contribution is -2.51. The van der Waals surface area contributed by atoms with Gasteiger partial charge in [-0.2, -0.15) is 0 Å². The van der Waals surface area contributed by atoms with E-state index in [0.29, 0.717) is 22.9 Å². The first kappa shape index (κ1) is 14.2. The van der Waals surface area contributed by atoms with Gasteiger partial charge in [-0.25, -0.2) is 0 Å². The second kappa shape index (κ2) is 5.80. The number of ketones is 1. The van der Waals surface area contributed by atoms with Gasteiger partial charge in [0.25, 0.3) is 0 Å². The van der Waals surface area contributed by atoms with E-state index < -0.39 is 0 Å². The molecule has 104 valence electrons. The molecule has 0 aromatic heterocycles. The Labute approximate surface area is 118 Å². The third kappa shape index (κ3) is 3.39. The highest BCUT2D eigenvalue weighted by molar-refractivity contribution is 6.30. The Kier molecular flexibility index (Phi) is 4.32. The molecule has 0 N–H and O–H groups in total. The van der Waals surface area contributed by atoms with E-state index in [2.05, 4.69) is 4.90 Å². The molecule has 2 rings (SSSR count). The maximum atomic E-state index is 11.3. The Morgan fingerprint density at radius 3 is 2.68 bits per heavy atom. The monoisotopic (exact) mass is 283 g/mol. The predicted molar refractivity (Wildman–Crippen MR) is 74.3 cm³/mol. The van der Waals surface area contributed by atoms with Crippen LogP contribution in [0, 0.1) is 0 Å². The minimum atomic E-state index is 0.0693. The van der Waals surface area contributed by atoms with Crippen LogP contribution in [-0.2, 0) is 11.2 Å². The number of hydrogen-bond acceptors (Lipinski definition) is 4. The van der Waals surface area contributed by atoms with Gasteiger partial charge in [-0.1, -0.05) is 11.6 Å². The quantitative estimate of drug-likeness (QED) is 0.830. The summed E-state index contributed by atoms with van der Waals surface area (Å²) in [5, 5.41) is 0.547. The van der Waals surface area contributed by atoms with Gasteiger partial charge in [0, 0.05) is 36.2 Å². The molecular formula is C14H18ClNO3. The van der Waals surface area contributed by atoms with Crippen LogP contribution in [0.3, 0.4) is 0 Å². The van der Waals surface area contributed by atoms with Crippen LogP contribution >= 0.6 is 11.6 Å². The SMILES string of the molecule is COc1cc(Cl)cc(CC(C)=O)c1OC1CN(C)C1. The Hall–Kier alpha value is -1.26. The Balaban J connectivity index is 2.28. The number of ether oxygens (including phenoxy) is 2. The van der Waals surface area contributed by atoms with E-state index in [1.54, 1.807) is 26.2 Å². The molecule has 0 radical (unpaired) electrons. The lowest BCUT2D eigenvalue weighted by Gasteiger charge is -2.36. The number of benzene rings is 1. The summed E-state index contributed by atoms with van der Waals surface area (Å²) in [5.41, 5.74) is 0.784. The molecule has 0 aliphatic carbocycles. The van der Waals surface area contributed by atoms with Crippen molar-refractivity contribution in [2.24, 2.45) is 0 Å². The van der Waals surface area contributed by atoms with Crippen LogP contribution in [-0.4, -0.2) is 44.0 Å². The summed E-state index contributed by atoms with van der Waals surface area (Å²) in [5.74, 6) is 1.29. The highest BCUT2D eigenvalue weighted by Gasteiger charge is 2.27. The number of hydrogen-bond donors (Lipinski definition) is 0. The number of halogens is 1. The molecule has 1 saturated heterocycles. The molecule has 1 aromatic rings. The van der Waals surface area contributed by atoms with Crippen LogP contribution in [0.15, 0.2) is 12.1 Å². The van der Waals surface area contributed by atoms with Gasteiger partial charge in [0.1, 0.15) is 11.9 Å². The molecule has 1 fully saturated rings. The molecule has 0 atom stereocenters. The third-order valence-corrected chi connectivity index (χ3v) is 3.29. The summed E-state index contributed by atoms with van der Waals surface area (Å²) in [7, 11) is 3.61. The zero-order valence-corrected chi connectivity index (χ0v) is 12.2. The minimum absolute atomic E-state index is 0.0693. The summed E-state index contributed by atoms with van der Waals surface area (Å²) in [4.78, 5) is 13.5. The van der Waals surface area contributed by atoms with Gasteiger partial charge < -0.3 is 9.47 Å². The fourth-order valence-corrected chi connectivity index (χ4v) is 2.42. The first-order valence-electron chi connectivity index (χ1n) is 6.20. The zero-order chi connectivity index (χ0) is 14.0. The maximum absolute atomic E-state index is 11.3. The van der Waals surface area contributed by atoms with Crippen LogP contribution in [0.1, 0.15) is 12.5 Å². The lowest BCUT2D eigenvalue weighted by molar-refractivity contribution is -0.116. The number of carbonyl (C=O) groups is 1. The maximum Gasteiger partial charge on any atom is 0.165 e. The molecule has 0 bridgehead atoms. The van der Waals surface area contributed by atoms with E-state index in [9.17, 15) is 4.79 Å². The van der Waals surface area contributed by atoms with Gasteiger partial charge in [-0.05, 0) is 20.0 Å². The molecule has 0 unspecified atom stereocenters. The molecule has 1 heterocycles. The Bertz CT molecular complexity index is 484. The van der Waals surface area contributed by atoms with E-state index >= 15 is 0 Å². The van der Waals surface area contributed by atoms with Gasteiger partial charge >= 0.3 is 0 Å². The Morgan fingerprint density at radius 2 is 2.16 bits per heavy atom. The first-order valence-corrected chi connectivity index (χ1v) is 6.58. The molecule has 19 heavy (non-hydrogen) atoms. The number of nitrogens with zero attached hydrogens (tertiary/aromatic N) is 1. The molecule has 4 nitrogen and oxygen atoms in total. The van der Waals surface area contributed by atoms with Gasteiger partial charge in [0.05, 0.1) is 7.11 Å². The average Bonchev–Trinajstić information content (AvgIpc) is 2.28. The second-order valence-corrected chi connectivity index (χ2v) is 5.37. The van der Waals surface area contributed by atoms with Crippen LogP contribution in [0.25, 0.3) is 0 Å². The predicted octanol–water partition coefficient (Wildman–Crippen LogP) is 2.17. The highest BCUT2D eigenvalue weighted by Crippen LogP contribution is 2.36. The van der Waals surface area contributed by atoms with Crippen LogP contribution in [0.2, 0.25) is 5.02 Å². The van der Waals surface area contributed by atoms with Crippen LogP contribution < -0.4 is 9.47 Å². The molecule has 1 aliphatic heterocycles. The zero-order valence-electron chi connectivity index (χ0n) is 11.4. The standard InChI is InChI=1S/C14H18ClNO3/c1-9(17)4-10-5-11(15)6-13(18-3)14(10)19-12-7-16(2)8-12/h5-6,12H,4,7-8H2,1-3H3. The highest BCUT2D eigenvalue weighted by atomic mass is 35.5. The number of methoxy groups -OCH3 is 1. The van der Waals surface area contributed by atoms with E-state index in [4.69, 9.17) is 21.1 Å². The van der Waals surface area contributed by atoms with E-state index in [-0.39, 0.29) is 11.9 Å². The van der Waals surface area contributed by atoms with E-state index in [0.717, 1.165) is 18.7 Å². The van der Waals surface area contributed by atoms with Crippen molar-refractivity contribution in [1.82, 2.24) is 4.90 Å². The van der Waals surface area contributed by atoms with Gasteiger partial charge in [0.2, 0.25) is 0 Å². The molecule has 0 saturated carbocycles.